The summed E-state index contributed by atoms with van der Waals surface area (Å²) >= 11 is 0. The van der Waals surface area contributed by atoms with Gasteiger partial charge in [-0.2, -0.15) is 5.10 Å². The molecule has 2 aromatic rings. The van der Waals surface area contributed by atoms with E-state index in [1.54, 1.807) is 4.68 Å². The van der Waals surface area contributed by atoms with Gasteiger partial charge in [0.2, 0.25) is 0 Å². The zero-order valence-corrected chi connectivity index (χ0v) is 6.84. The molecule has 0 atom stereocenters. The highest BCUT2D eigenvalue weighted by atomic mass is 15.3. The molecule has 58 valence electrons. The van der Waals surface area contributed by atoms with E-state index in [1.165, 1.54) is 0 Å². The van der Waals surface area contributed by atoms with Crippen molar-refractivity contribution in [2.45, 2.75) is 13.8 Å². The lowest BCUT2D eigenvalue weighted by Crippen LogP contribution is -1.91. The summed E-state index contributed by atoms with van der Waals surface area (Å²) in [6, 6.07) is 0. The molecule has 4 nitrogen and oxygen atoms in total. The number of fused-ring (bicyclic) bond motifs is 1. The molecular weight excluding hydrogens is 140 g/mol. The number of hydrogen-bond acceptors (Lipinski definition) is 2. The molecular formula is C7H10N4. The van der Waals surface area contributed by atoms with E-state index in [0.717, 1.165) is 22.7 Å². The number of H-pyrrole nitrogens is 1. The van der Waals surface area contributed by atoms with Crippen LogP contribution in [-0.2, 0) is 7.05 Å². The fourth-order valence-electron chi connectivity index (χ4n) is 1.29. The standard InChI is InChI=1S/C7H10N4/c1-4-6-7(11(3)10-4)9-5(2)8-6/h1-3H3,(H,8,9). The van der Waals surface area contributed by atoms with E-state index in [2.05, 4.69) is 15.1 Å². The summed E-state index contributed by atoms with van der Waals surface area (Å²) in [6.07, 6.45) is 0. The summed E-state index contributed by atoms with van der Waals surface area (Å²) in [5.41, 5.74) is 2.98. The minimum atomic E-state index is 0.931. The lowest BCUT2D eigenvalue weighted by atomic mass is 10.4. The van der Waals surface area contributed by atoms with Crippen molar-refractivity contribution in [2.24, 2.45) is 7.05 Å². The molecule has 0 bridgehead atoms. The fourth-order valence-corrected chi connectivity index (χ4v) is 1.29. The van der Waals surface area contributed by atoms with Gasteiger partial charge in [-0.3, -0.25) is 0 Å². The first-order valence-corrected chi connectivity index (χ1v) is 3.54. The SMILES string of the molecule is Cc1nc2c([nH]1)c(C)nn2C. The van der Waals surface area contributed by atoms with Crippen molar-refractivity contribution in [3.63, 3.8) is 0 Å². The largest absolute Gasteiger partial charge is 0.339 e. The first-order chi connectivity index (χ1) is 5.18. The molecule has 0 aliphatic carbocycles. The second-order valence-electron chi connectivity index (χ2n) is 2.73. The molecule has 4 heteroatoms. The van der Waals surface area contributed by atoms with Crippen LogP contribution in [0.4, 0.5) is 0 Å². The van der Waals surface area contributed by atoms with Gasteiger partial charge in [-0.15, -0.1) is 0 Å². The average molecular weight is 150 g/mol. The fraction of sp³-hybridized carbons (Fsp3) is 0.429. The molecule has 2 heterocycles. The first kappa shape index (κ1) is 6.39. The monoisotopic (exact) mass is 150 g/mol. The van der Waals surface area contributed by atoms with Crippen molar-refractivity contribution < 1.29 is 0 Å². The zero-order valence-electron chi connectivity index (χ0n) is 6.84. The molecule has 0 unspecified atom stereocenters. The van der Waals surface area contributed by atoms with E-state index in [1.807, 2.05) is 20.9 Å². The Morgan fingerprint density at radius 1 is 1.36 bits per heavy atom. The number of nitrogens with one attached hydrogen (secondary N) is 1. The van der Waals surface area contributed by atoms with Crippen molar-refractivity contribution in [3.05, 3.63) is 11.5 Å². The van der Waals surface area contributed by atoms with Crippen LogP contribution in [-0.4, -0.2) is 19.7 Å². The van der Waals surface area contributed by atoms with Crippen molar-refractivity contribution in [1.29, 1.82) is 0 Å². The maximum atomic E-state index is 4.28. The number of aromatic amines is 1. The minimum Gasteiger partial charge on any atom is -0.339 e. The average Bonchev–Trinajstić information content (AvgIpc) is 2.38. The molecule has 1 N–H and O–H groups in total. The quantitative estimate of drug-likeness (QED) is 0.606. The molecule has 0 spiro atoms. The van der Waals surface area contributed by atoms with E-state index in [-0.39, 0.29) is 0 Å². The van der Waals surface area contributed by atoms with E-state index in [9.17, 15) is 0 Å². The minimum absolute atomic E-state index is 0.931. The molecule has 11 heavy (non-hydrogen) atoms. The lowest BCUT2D eigenvalue weighted by molar-refractivity contribution is 0.771. The van der Waals surface area contributed by atoms with Gasteiger partial charge >= 0.3 is 0 Å². The van der Waals surface area contributed by atoms with Crippen LogP contribution < -0.4 is 0 Å². The number of imidazole rings is 1. The summed E-state index contributed by atoms with van der Waals surface area (Å²) in [6.45, 7) is 3.92. The molecule has 0 fully saturated rings. The van der Waals surface area contributed by atoms with Crippen LogP contribution in [0.25, 0.3) is 11.2 Å². The molecule has 0 aliphatic heterocycles. The molecule has 0 amide bonds. The first-order valence-electron chi connectivity index (χ1n) is 3.54. The summed E-state index contributed by atoms with van der Waals surface area (Å²) in [7, 11) is 1.90. The maximum Gasteiger partial charge on any atom is 0.176 e. The lowest BCUT2D eigenvalue weighted by Gasteiger charge is -1.85. The maximum absolute atomic E-state index is 4.28. The van der Waals surface area contributed by atoms with Crippen molar-refractivity contribution in [1.82, 2.24) is 19.7 Å². The smallest absolute Gasteiger partial charge is 0.176 e. The Morgan fingerprint density at radius 3 is 2.73 bits per heavy atom. The van der Waals surface area contributed by atoms with E-state index >= 15 is 0 Å². The Balaban J connectivity index is 2.92. The summed E-state index contributed by atoms with van der Waals surface area (Å²) in [5, 5.41) is 4.21. The highest BCUT2D eigenvalue weighted by Crippen LogP contribution is 2.12. The zero-order chi connectivity index (χ0) is 8.01. The van der Waals surface area contributed by atoms with Gasteiger partial charge in [0.1, 0.15) is 11.3 Å². The Bertz CT molecular complexity index is 361. The van der Waals surface area contributed by atoms with Gasteiger partial charge in [0.25, 0.3) is 0 Å². The predicted octanol–water partition coefficient (Wildman–Crippen LogP) is 0.913. The Labute approximate surface area is 64.2 Å². The second kappa shape index (κ2) is 1.84. The third-order valence-corrected chi connectivity index (χ3v) is 1.77. The van der Waals surface area contributed by atoms with Gasteiger partial charge in [-0.1, -0.05) is 0 Å². The molecule has 2 aromatic heterocycles. The second-order valence-corrected chi connectivity index (χ2v) is 2.73. The van der Waals surface area contributed by atoms with Crippen LogP contribution in [0.5, 0.6) is 0 Å². The molecule has 0 saturated heterocycles. The highest BCUT2D eigenvalue weighted by molar-refractivity contribution is 5.73. The highest BCUT2D eigenvalue weighted by Gasteiger charge is 2.07. The third-order valence-electron chi connectivity index (χ3n) is 1.77. The van der Waals surface area contributed by atoms with Crippen molar-refractivity contribution >= 4 is 11.2 Å². The third kappa shape index (κ3) is 0.753. The molecule has 2 rings (SSSR count). The Hall–Kier alpha value is -1.32. The Morgan fingerprint density at radius 2 is 2.09 bits per heavy atom. The van der Waals surface area contributed by atoms with Crippen LogP contribution in [0.15, 0.2) is 0 Å². The number of hydrogen-bond donors (Lipinski definition) is 1. The molecule has 0 aromatic carbocycles. The predicted molar refractivity (Wildman–Crippen MR) is 42.3 cm³/mol. The summed E-state index contributed by atoms with van der Waals surface area (Å²) < 4.78 is 1.79. The van der Waals surface area contributed by atoms with Gasteiger partial charge in [0, 0.05) is 7.05 Å². The van der Waals surface area contributed by atoms with Crippen LogP contribution in [0, 0.1) is 13.8 Å². The number of aromatic nitrogens is 4. The molecule has 0 aliphatic rings. The van der Waals surface area contributed by atoms with Gasteiger partial charge in [-0.25, -0.2) is 9.67 Å². The molecule has 0 radical (unpaired) electrons. The summed E-state index contributed by atoms with van der Waals surface area (Å²) in [4.78, 5) is 7.43. The normalized spacial score (nSPS) is 11.2. The van der Waals surface area contributed by atoms with Gasteiger partial charge < -0.3 is 4.98 Å². The summed E-state index contributed by atoms with van der Waals surface area (Å²) in [5.74, 6) is 0.941. The van der Waals surface area contributed by atoms with E-state index in [0.29, 0.717) is 0 Å². The van der Waals surface area contributed by atoms with Crippen molar-refractivity contribution in [2.75, 3.05) is 0 Å². The van der Waals surface area contributed by atoms with E-state index < -0.39 is 0 Å². The number of rotatable bonds is 0. The number of aryl methyl sites for hydroxylation is 3. The van der Waals surface area contributed by atoms with Crippen LogP contribution in [0.3, 0.4) is 0 Å². The van der Waals surface area contributed by atoms with Gasteiger partial charge in [-0.05, 0) is 13.8 Å². The van der Waals surface area contributed by atoms with Gasteiger partial charge in [0.15, 0.2) is 5.65 Å². The van der Waals surface area contributed by atoms with Crippen LogP contribution >= 0.6 is 0 Å². The van der Waals surface area contributed by atoms with Crippen LogP contribution in [0.2, 0.25) is 0 Å². The molecule has 0 saturated carbocycles. The van der Waals surface area contributed by atoms with Crippen LogP contribution in [0.1, 0.15) is 11.5 Å². The van der Waals surface area contributed by atoms with Crippen molar-refractivity contribution in [3.8, 4) is 0 Å². The Kier molecular flexibility index (Phi) is 1.07. The van der Waals surface area contributed by atoms with Gasteiger partial charge in [0.05, 0.1) is 5.69 Å². The topological polar surface area (TPSA) is 46.5 Å². The number of nitrogens with zero attached hydrogens (tertiary/aromatic N) is 3. The van der Waals surface area contributed by atoms with E-state index in [4.69, 9.17) is 0 Å².